The first kappa shape index (κ1) is 11.6. The van der Waals surface area contributed by atoms with Gasteiger partial charge in [-0.3, -0.25) is 4.90 Å². The van der Waals surface area contributed by atoms with E-state index in [1.807, 2.05) is 11.3 Å². The zero-order valence-corrected chi connectivity index (χ0v) is 11.1. The van der Waals surface area contributed by atoms with Crippen molar-refractivity contribution in [2.24, 2.45) is 0 Å². The lowest BCUT2D eigenvalue weighted by Crippen LogP contribution is -2.43. The van der Waals surface area contributed by atoms with Crippen molar-refractivity contribution in [3.63, 3.8) is 0 Å². The van der Waals surface area contributed by atoms with Crippen LogP contribution >= 0.6 is 27.3 Å². The first-order valence-electron chi connectivity index (χ1n) is 5.31. The molecule has 15 heavy (non-hydrogen) atoms. The molecule has 1 aromatic rings. The summed E-state index contributed by atoms with van der Waals surface area (Å²) in [6.45, 7) is 4.18. The highest BCUT2D eigenvalue weighted by Gasteiger charge is 2.18. The van der Waals surface area contributed by atoms with Gasteiger partial charge in [0.25, 0.3) is 0 Å². The SMILES string of the molecule is BrCC1CN(CCc2cccs2)CCO1. The minimum Gasteiger partial charge on any atom is -0.375 e. The van der Waals surface area contributed by atoms with Crippen molar-refractivity contribution in [3.05, 3.63) is 22.4 Å². The molecule has 2 nitrogen and oxygen atoms in total. The molecule has 0 bridgehead atoms. The number of ether oxygens (including phenoxy) is 1. The van der Waals surface area contributed by atoms with Crippen LogP contribution in [-0.4, -0.2) is 42.6 Å². The summed E-state index contributed by atoms with van der Waals surface area (Å²) in [7, 11) is 0. The molecule has 0 aliphatic carbocycles. The standard InChI is InChI=1S/C11H16BrNOS/c12-8-10-9-13(5-6-14-10)4-3-11-2-1-7-15-11/h1-2,7,10H,3-6,8-9H2. The zero-order valence-electron chi connectivity index (χ0n) is 8.69. The van der Waals surface area contributed by atoms with Gasteiger partial charge in [0, 0.05) is 29.8 Å². The molecule has 4 heteroatoms. The Balaban J connectivity index is 1.74. The molecule has 1 unspecified atom stereocenters. The Labute approximate surface area is 103 Å². The van der Waals surface area contributed by atoms with E-state index in [0.29, 0.717) is 6.10 Å². The summed E-state index contributed by atoms with van der Waals surface area (Å²) in [6, 6.07) is 4.34. The Bertz CT molecular complexity index is 278. The van der Waals surface area contributed by atoms with E-state index in [0.717, 1.165) is 31.6 Å². The van der Waals surface area contributed by atoms with E-state index in [2.05, 4.69) is 38.3 Å². The smallest absolute Gasteiger partial charge is 0.0799 e. The van der Waals surface area contributed by atoms with Crippen LogP contribution in [0.3, 0.4) is 0 Å². The number of thiophene rings is 1. The van der Waals surface area contributed by atoms with Gasteiger partial charge in [-0.05, 0) is 17.9 Å². The van der Waals surface area contributed by atoms with Crippen LogP contribution < -0.4 is 0 Å². The average molecular weight is 290 g/mol. The molecule has 0 saturated carbocycles. The summed E-state index contributed by atoms with van der Waals surface area (Å²) in [5.41, 5.74) is 0. The first-order valence-corrected chi connectivity index (χ1v) is 7.31. The number of rotatable bonds is 4. The van der Waals surface area contributed by atoms with E-state index in [1.165, 1.54) is 11.3 Å². The second kappa shape index (κ2) is 5.99. The number of hydrogen-bond donors (Lipinski definition) is 0. The number of alkyl halides is 1. The van der Waals surface area contributed by atoms with E-state index < -0.39 is 0 Å². The molecule has 2 heterocycles. The lowest BCUT2D eigenvalue weighted by atomic mass is 10.2. The third kappa shape index (κ3) is 3.55. The highest BCUT2D eigenvalue weighted by Crippen LogP contribution is 2.12. The average Bonchev–Trinajstić information content (AvgIpc) is 2.79. The second-order valence-corrected chi connectivity index (χ2v) is 5.46. The van der Waals surface area contributed by atoms with Gasteiger partial charge in [-0.2, -0.15) is 0 Å². The van der Waals surface area contributed by atoms with Gasteiger partial charge in [-0.15, -0.1) is 11.3 Å². The molecule has 84 valence electrons. The van der Waals surface area contributed by atoms with Gasteiger partial charge in [-0.25, -0.2) is 0 Å². The topological polar surface area (TPSA) is 12.5 Å². The van der Waals surface area contributed by atoms with Crippen LogP contribution in [0.25, 0.3) is 0 Å². The Hall–Kier alpha value is 0.100. The maximum Gasteiger partial charge on any atom is 0.0799 e. The van der Waals surface area contributed by atoms with Crippen LogP contribution in [0.4, 0.5) is 0 Å². The van der Waals surface area contributed by atoms with Crippen LogP contribution in [0, 0.1) is 0 Å². The van der Waals surface area contributed by atoms with Crippen LogP contribution in [0.2, 0.25) is 0 Å². The Morgan fingerprint density at radius 3 is 3.27 bits per heavy atom. The molecule has 2 rings (SSSR count). The molecular weight excluding hydrogens is 274 g/mol. The van der Waals surface area contributed by atoms with Crippen molar-refractivity contribution in [2.45, 2.75) is 12.5 Å². The summed E-state index contributed by atoms with van der Waals surface area (Å²) in [6.07, 6.45) is 1.55. The maximum atomic E-state index is 5.61. The van der Waals surface area contributed by atoms with Gasteiger partial charge in [0.2, 0.25) is 0 Å². The van der Waals surface area contributed by atoms with Crippen LogP contribution in [0.5, 0.6) is 0 Å². The number of nitrogens with zero attached hydrogens (tertiary/aromatic N) is 1. The fraction of sp³-hybridized carbons (Fsp3) is 0.636. The van der Waals surface area contributed by atoms with Gasteiger partial charge in [-0.1, -0.05) is 22.0 Å². The molecule has 0 N–H and O–H groups in total. The Kier molecular flexibility index (Phi) is 4.62. The molecule has 0 radical (unpaired) electrons. The molecule has 1 fully saturated rings. The van der Waals surface area contributed by atoms with Gasteiger partial charge in [0.05, 0.1) is 12.7 Å². The summed E-state index contributed by atoms with van der Waals surface area (Å²) in [5.74, 6) is 0. The van der Waals surface area contributed by atoms with Crippen LogP contribution in [0.1, 0.15) is 4.88 Å². The minimum absolute atomic E-state index is 0.377. The molecule has 0 spiro atoms. The predicted molar refractivity (Wildman–Crippen MR) is 68.0 cm³/mol. The van der Waals surface area contributed by atoms with E-state index in [9.17, 15) is 0 Å². The second-order valence-electron chi connectivity index (χ2n) is 3.78. The van der Waals surface area contributed by atoms with Crippen molar-refractivity contribution >= 4 is 27.3 Å². The van der Waals surface area contributed by atoms with E-state index in [4.69, 9.17) is 4.74 Å². The lowest BCUT2D eigenvalue weighted by Gasteiger charge is -2.31. The van der Waals surface area contributed by atoms with Crippen molar-refractivity contribution in [2.75, 3.05) is 31.6 Å². The number of morpholine rings is 1. The Morgan fingerprint density at radius 2 is 2.53 bits per heavy atom. The quantitative estimate of drug-likeness (QED) is 0.790. The fourth-order valence-corrected chi connectivity index (χ4v) is 2.89. The molecule has 1 atom stereocenters. The molecule has 1 aliphatic heterocycles. The monoisotopic (exact) mass is 289 g/mol. The van der Waals surface area contributed by atoms with Gasteiger partial charge in [0.1, 0.15) is 0 Å². The summed E-state index contributed by atoms with van der Waals surface area (Å²) < 4.78 is 5.61. The van der Waals surface area contributed by atoms with E-state index in [1.54, 1.807) is 0 Å². The molecule has 1 aromatic heterocycles. The fourth-order valence-electron chi connectivity index (χ4n) is 1.80. The highest BCUT2D eigenvalue weighted by molar-refractivity contribution is 9.09. The minimum atomic E-state index is 0.377. The van der Waals surface area contributed by atoms with E-state index >= 15 is 0 Å². The normalized spacial score (nSPS) is 23.1. The zero-order chi connectivity index (χ0) is 10.5. The van der Waals surface area contributed by atoms with Gasteiger partial charge >= 0.3 is 0 Å². The van der Waals surface area contributed by atoms with Gasteiger partial charge < -0.3 is 4.74 Å². The predicted octanol–water partition coefficient (Wildman–Crippen LogP) is 2.39. The van der Waals surface area contributed by atoms with Crippen LogP contribution in [-0.2, 0) is 11.2 Å². The third-order valence-corrected chi connectivity index (χ3v) is 4.31. The van der Waals surface area contributed by atoms with Crippen LogP contribution in [0.15, 0.2) is 17.5 Å². The molecule has 1 saturated heterocycles. The van der Waals surface area contributed by atoms with Crippen molar-refractivity contribution in [3.8, 4) is 0 Å². The summed E-state index contributed by atoms with van der Waals surface area (Å²) in [5, 5.41) is 3.10. The number of halogens is 1. The molecular formula is C11H16BrNOS. The van der Waals surface area contributed by atoms with Crippen molar-refractivity contribution < 1.29 is 4.74 Å². The Morgan fingerprint density at radius 1 is 1.60 bits per heavy atom. The van der Waals surface area contributed by atoms with Crippen molar-refractivity contribution in [1.29, 1.82) is 0 Å². The lowest BCUT2D eigenvalue weighted by molar-refractivity contribution is -0.0145. The number of hydrogen-bond acceptors (Lipinski definition) is 3. The first-order chi connectivity index (χ1) is 7.38. The largest absolute Gasteiger partial charge is 0.375 e. The van der Waals surface area contributed by atoms with Crippen molar-refractivity contribution in [1.82, 2.24) is 4.90 Å². The molecule has 0 aromatic carbocycles. The highest BCUT2D eigenvalue weighted by atomic mass is 79.9. The van der Waals surface area contributed by atoms with E-state index in [-0.39, 0.29) is 0 Å². The molecule has 1 aliphatic rings. The third-order valence-electron chi connectivity index (χ3n) is 2.65. The van der Waals surface area contributed by atoms with Gasteiger partial charge in [0.15, 0.2) is 0 Å². The molecule has 0 amide bonds. The summed E-state index contributed by atoms with van der Waals surface area (Å²) >= 11 is 5.33. The maximum absolute atomic E-state index is 5.61. The summed E-state index contributed by atoms with van der Waals surface area (Å²) in [4.78, 5) is 3.98.